The van der Waals surface area contributed by atoms with Gasteiger partial charge in [0.15, 0.2) is 0 Å². The van der Waals surface area contributed by atoms with Gasteiger partial charge in [0.05, 0.1) is 25.2 Å². The summed E-state index contributed by atoms with van der Waals surface area (Å²) in [6.45, 7) is 0. The first-order valence-electron chi connectivity index (χ1n) is 7.53. The molecule has 2 aromatic rings. The molecule has 1 amide bonds. The van der Waals surface area contributed by atoms with Crippen molar-refractivity contribution in [2.75, 3.05) is 7.11 Å². The highest BCUT2D eigenvalue weighted by Crippen LogP contribution is 2.11. The predicted octanol–water partition coefficient (Wildman–Crippen LogP) is 2.00. The molecule has 0 heterocycles. The Bertz CT molecular complexity index is 751. The second-order valence-corrected chi connectivity index (χ2v) is 5.28. The van der Waals surface area contributed by atoms with E-state index in [1.54, 1.807) is 24.3 Å². The van der Waals surface area contributed by atoms with E-state index in [9.17, 15) is 9.59 Å². The van der Waals surface area contributed by atoms with Crippen LogP contribution < -0.4 is 5.32 Å². The summed E-state index contributed by atoms with van der Waals surface area (Å²) in [7, 11) is 1.27. The van der Waals surface area contributed by atoms with E-state index in [0.29, 0.717) is 11.1 Å². The Kier molecular flexibility index (Phi) is 6.09. The summed E-state index contributed by atoms with van der Waals surface area (Å²) >= 11 is 0. The predicted molar refractivity (Wildman–Crippen MR) is 89.0 cm³/mol. The van der Waals surface area contributed by atoms with Crippen LogP contribution in [0.1, 0.15) is 16.7 Å². The van der Waals surface area contributed by atoms with Crippen molar-refractivity contribution in [3.8, 4) is 6.07 Å². The SMILES string of the molecule is COC(=O)[C@H](Cc1ccccc1C#N)NC(=O)Cc1ccccc1. The van der Waals surface area contributed by atoms with Crippen molar-refractivity contribution in [3.63, 3.8) is 0 Å². The summed E-state index contributed by atoms with van der Waals surface area (Å²) in [5, 5.41) is 11.8. The molecule has 5 heteroatoms. The molecule has 0 saturated carbocycles. The van der Waals surface area contributed by atoms with Crippen LogP contribution in [-0.4, -0.2) is 25.0 Å². The topological polar surface area (TPSA) is 79.2 Å². The molecule has 0 aliphatic rings. The number of rotatable bonds is 6. The van der Waals surface area contributed by atoms with Crippen molar-refractivity contribution in [1.29, 1.82) is 5.26 Å². The number of ether oxygens (including phenoxy) is 1. The van der Waals surface area contributed by atoms with Gasteiger partial charge in [0.2, 0.25) is 5.91 Å². The summed E-state index contributed by atoms with van der Waals surface area (Å²) < 4.78 is 4.77. The average molecular weight is 322 g/mol. The molecule has 2 aromatic carbocycles. The maximum atomic E-state index is 12.2. The second kappa shape index (κ2) is 8.49. The lowest BCUT2D eigenvalue weighted by atomic mass is 10.0. The van der Waals surface area contributed by atoms with Gasteiger partial charge in [-0.3, -0.25) is 4.79 Å². The minimum Gasteiger partial charge on any atom is -0.467 e. The van der Waals surface area contributed by atoms with Gasteiger partial charge in [0, 0.05) is 6.42 Å². The highest BCUT2D eigenvalue weighted by Gasteiger charge is 2.23. The molecule has 5 nitrogen and oxygen atoms in total. The third-order valence-corrected chi connectivity index (χ3v) is 3.59. The fourth-order valence-electron chi connectivity index (χ4n) is 2.39. The Balaban J connectivity index is 2.10. The lowest BCUT2D eigenvalue weighted by molar-refractivity contribution is -0.145. The largest absolute Gasteiger partial charge is 0.467 e. The molecule has 0 aliphatic heterocycles. The number of benzene rings is 2. The van der Waals surface area contributed by atoms with Gasteiger partial charge in [-0.15, -0.1) is 0 Å². The second-order valence-electron chi connectivity index (χ2n) is 5.28. The highest BCUT2D eigenvalue weighted by molar-refractivity contribution is 5.85. The van der Waals surface area contributed by atoms with Crippen LogP contribution in [0.4, 0.5) is 0 Å². The Morgan fingerprint density at radius 3 is 2.46 bits per heavy atom. The number of nitriles is 1. The third-order valence-electron chi connectivity index (χ3n) is 3.59. The number of carbonyl (C=O) groups excluding carboxylic acids is 2. The van der Waals surface area contributed by atoms with Crippen LogP contribution in [0.3, 0.4) is 0 Å². The van der Waals surface area contributed by atoms with E-state index in [4.69, 9.17) is 10.00 Å². The van der Waals surface area contributed by atoms with Crippen LogP contribution in [-0.2, 0) is 27.2 Å². The van der Waals surface area contributed by atoms with Crippen molar-refractivity contribution in [2.45, 2.75) is 18.9 Å². The van der Waals surface area contributed by atoms with E-state index in [1.165, 1.54) is 7.11 Å². The molecular formula is C19H18N2O3. The number of hydrogen-bond acceptors (Lipinski definition) is 4. The zero-order valence-electron chi connectivity index (χ0n) is 13.4. The number of carbonyl (C=O) groups is 2. The van der Waals surface area contributed by atoms with Crippen LogP contribution in [0.2, 0.25) is 0 Å². The molecule has 1 N–H and O–H groups in total. The van der Waals surface area contributed by atoms with Gasteiger partial charge in [0.1, 0.15) is 6.04 Å². The number of nitrogens with zero attached hydrogens (tertiary/aromatic N) is 1. The normalized spacial score (nSPS) is 11.2. The molecule has 122 valence electrons. The molecule has 0 radical (unpaired) electrons. The molecule has 24 heavy (non-hydrogen) atoms. The van der Waals surface area contributed by atoms with E-state index in [1.807, 2.05) is 30.3 Å². The zero-order valence-corrected chi connectivity index (χ0v) is 13.4. The highest BCUT2D eigenvalue weighted by atomic mass is 16.5. The van der Waals surface area contributed by atoms with Gasteiger partial charge in [-0.2, -0.15) is 5.26 Å². The van der Waals surface area contributed by atoms with Crippen molar-refractivity contribution in [3.05, 3.63) is 71.3 Å². The number of amides is 1. The summed E-state index contributed by atoms with van der Waals surface area (Å²) in [5.41, 5.74) is 2.02. The number of methoxy groups -OCH3 is 1. The third kappa shape index (κ3) is 4.68. The number of nitrogens with one attached hydrogen (secondary N) is 1. The maximum absolute atomic E-state index is 12.2. The first-order valence-corrected chi connectivity index (χ1v) is 7.53. The van der Waals surface area contributed by atoms with E-state index in [2.05, 4.69) is 11.4 Å². The lowest BCUT2D eigenvalue weighted by Gasteiger charge is -2.17. The fourth-order valence-corrected chi connectivity index (χ4v) is 2.39. The van der Waals surface area contributed by atoms with Crippen LogP contribution in [0.15, 0.2) is 54.6 Å². The van der Waals surface area contributed by atoms with Gasteiger partial charge >= 0.3 is 5.97 Å². The van der Waals surface area contributed by atoms with Gasteiger partial charge in [-0.05, 0) is 17.2 Å². The summed E-state index contributed by atoms with van der Waals surface area (Å²) in [6, 6.07) is 17.5. The van der Waals surface area contributed by atoms with E-state index >= 15 is 0 Å². The van der Waals surface area contributed by atoms with Crippen LogP contribution in [0.5, 0.6) is 0 Å². The minimum atomic E-state index is -0.833. The van der Waals surface area contributed by atoms with Crippen LogP contribution in [0.25, 0.3) is 0 Å². The first-order chi connectivity index (χ1) is 11.6. The Labute approximate surface area is 140 Å². The van der Waals surface area contributed by atoms with Crippen molar-refractivity contribution in [2.24, 2.45) is 0 Å². The number of esters is 1. The van der Waals surface area contributed by atoms with Gasteiger partial charge in [0.25, 0.3) is 0 Å². The molecule has 0 aliphatic carbocycles. The Morgan fingerprint density at radius 1 is 1.12 bits per heavy atom. The summed E-state index contributed by atoms with van der Waals surface area (Å²) in [4.78, 5) is 24.2. The van der Waals surface area contributed by atoms with Gasteiger partial charge in [-0.1, -0.05) is 48.5 Å². The van der Waals surface area contributed by atoms with Crippen molar-refractivity contribution >= 4 is 11.9 Å². The average Bonchev–Trinajstić information content (AvgIpc) is 2.61. The summed E-state index contributed by atoms with van der Waals surface area (Å²) in [6.07, 6.45) is 0.380. The van der Waals surface area contributed by atoms with Crippen LogP contribution in [0, 0.1) is 11.3 Å². The molecule has 0 unspecified atom stereocenters. The van der Waals surface area contributed by atoms with E-state index < -0.39 is 12.0 Å². The monoisotopic (exact) mass is 322 g/mol. The van der Waals surface area contributed by atoms with Gasteiger partial charge in [-0.25, -0.2) is 4.79 Å². The van der Waals surface area contributed by atoms with Gasteiger partial charge < -0.3 is 10.1 Å². The zero-order chi connectivity index (χ0) is 17.4. The molecule has 0 saturated heterocycles. The standard InChI is InChI=1S/C19H18N2O3/c1-24-19(23)17(12-15-9-5-6-10-16(15)13-20)21-18(22)11-14-7-3-2-4-8-14/h2-10,17H,11-12H2,1H3,(H,21,22)/t17-/m0/s1. The Morgan fingerprint density at radius 2 is 1.79 bits per heavy atom. The van der Waals surface area contributed by atoms with Crippen LogP contribution >= 0.6 is 0 Å². The van der Waals surface area contributed by atoms with Crippen molar-refractivity contribution < 1.29 is 14.3 Å². The maximum Gasteiger partial charge on any atom is 0.328 e. The molecule has 1 atom stereocenters. The summed E-state index contributed by atoms with van der Waals surface area (Å²) in [5.74, 6) is -0.810. The quantitative estimate of drug-likeness (QED) is 0.825. The molecule has 0 bridgehead atoms. The molecule has 0 spiro atoms. The molecular weight excluding hydrogens is 304 g/mol. The molecule has 0 fully saturated rings. The van der Waals surface area contributed by atoms with E-state index in [0.717, 1.165) is 5.56 Å². The minimum absolute atomic E-state index is 0.175. The molecule has 2 rings (SSSR count). The Hall–Kier alpha value is -3.13. The first kappa shape index (κ1) is 17.2. The smallest absolute Gasteiger partial charge is 0.328 e. The number of hydrogen-bond donors (Lipinski definition) is 1. The van der Waals surface area contributed by atoms with E-state index in [-0.39, 0.29) is 18.7 Å². The van der Waals surface area contributed by atoms with Crippen molar-refractivity contribution in [1.82, 2.24) is 5.32 Å². The fraction of sp³-hybridized carbons (Fsp3) is 0.211. The lowest BCUT2D eigenvalue weighted by Crippen LogP contribution is -2.43. The molecule has 0 aromatic heterocycles.